The normalized spacial score (nSPS) is 40.5. The summed E-state index contributed by atoms with van der Waals surface area (Å²) in [6, 6.07) is 9.21. The molecule has 1 amide bonds. The van der Waals surface area contributed by atoms with Crippen molar-refractivity contribution < 1.29 is 52.8 Å². The molecule has 57 heavy (non-hydrogen) atoms. The quantitative estimate of drug-likeness (QED) is 0.200. The van der Waals surface area contributed by atoms with Crippen molar-refractivity contribution >= 4 is 29.1 Å². The van der Waals surface area contributed by atoms with E-state index in [4.69, 9.17) is 23.8 Å². The van der Waals surface area contributed by atoms with Gasteiger partial charge in [-0.2, -0.15) is 0 Å². The molecule has 13 atom stereocenters. The van der Waals surface area contributed by atoms with E-state index in [1.807, 2.05) is 70.1 Å². The Bertz CT molecular complexity index is 1600. The molecule has 2 N–H and O–H groups in total. The van der Waals surface area contributed by atoms with Crippen molar-refractivity contribution in [1.82, 2.24) is 4.90 Å². The molecule has 1 aromatic rings. The average molecular weight is 804 g/mol. The number of fused-ring (bicyclic) bond motifs is 15. The van der Waals surface area contributed by atoms with E-state index in [-0.39, 0.29) is 44.6 Å². The Hall–Kier alpha value is -3.14. The smallest absolute Gasteiger partial charge is 0.351 e. The van der Waals surface area contributed by atoms with Crippen LogP contribution in [0.15, 0.2) is 40.5 Å². The molecule has 0 unspecified atom stereocenters. The molecule has 14 heteroatoms. The summed E-state index contributed by atoms with van der Waals surface area (Å²) in [7, 11) is 3.68. The van der Waals surface area contributed by atoms with E-state index in [2.05, 4.69) is 10.1 Å². The molecule has 1 aromatic carbocycles. The number of esters is 1. The number of nitrogens with zero attached hydrogens (tertiary/aromatic N) is 3. The zero-order valence-electron chi connectivity index (χ0n) is 35.7. The van der Waals surface area contributed by atoms with Crippen LogP contribution in [-0.4, -0.2) is 119 Å². The minimum absolute atomic E-state index is 0.0100. The SMILES string of the molecule is CC[C@H]1OC(=O)[C@@](C)(F)C(=O)[C@H](C)[C@@H](O[C@@H]2O[C@H](C)C[C@H](N(C)C)[C@H]2O)[C@@]2(C)CC/C(=N/OCc3ccccc3)CC[C@H]([C@@H](C)C(=NC(C)=O)[C@H](C)CO2)[C@]1(C)O. The lowest BCUT2D eigenvalue weighted by molar-refractivity contribution is -0.297. The average Bonchev–Trinajstić information content (AvgIpc) is 3.15. The summed E-state index contributed by atoms with van der Waals surface area (Å²) in [5, 5.41) is 28.7. The van der Waals surface area contributed by atoms with Crippen LogP contribution in [0.4, 0.5) is 4.39 Å². The number of carbonyl (C=O) groups excluding carboxylic acids is 3. The molecule has 4 aliphatic heterocycles. The second-order valence-corrected chi connectivity index (χ2v) is 17.2. The minimum Gasteiger partial charge on any atom is -0.457 e. The summed E-state index contributed by atoms with van der Waals surface area (Å²) in [5.41, 5.74) is -4.37. The third-order valence-electron chi connectivity index (χ3n) is 12.3. The van der Waals surface area contributed by atoms with Gasteiger partial charge in [0.05, 0.1) is 30.1 Å². The maximum atomic E-state index is 16.9. The number of oxime groups is 1. The Morgan fingerprint density at radius 3 is 2.33 bits per heavy atom. The highest BCUT2D eigenvalue weighted by Gasteiger charge is 2.55. The molecule has 320 valence electrons. The van der Waals surface area contributed by atoms with E-state index >= 15 is 4.39 Å². The van der Waals surface area contributed by atoms with Crippen molar-refractivity contribution in [2.24, 2.45) is 33.8 Å². The van der Waals surface area contributed by atoms with E-state index in [9.17, 15) is 24.6 Å². The first kappa shape index (κ1) is 46.5. The Morgan fingerprint density at radius 2 is 1.72 bits per heavy atom. The van der Waals surface area contributed by atoms with Gasteiger partial charge in [0.2, 0.25) is 5.91 Å². The van der Waals surface area contributed by atoms with Crippen LogP contribution in [0.1, 0.15) is 106 Å². The van der Waals surface area contributed by atoms with Crippen LogP contribution in [-0.2, 0) is 44.8 Å². The lowest BCUT2D eigenvalue weighted by atomic mass is 9.70. The van der Waals surface area contributed by atoms with Crippen molar-refractivity contribution in [1.29, 1.82) is 0 Å². The summed E-state index contributed by atoms with van der Waals surface area (Å²) in [6.45, 7) is 14.5. The zero-order chi connectivity index (χ0) is 42.5. The molecule has 0 saturated carbocycles. The molecule has 0 aliphatic carbocycles. The molecule has 4 fully saturated rings. The lowest BCUT2D eigenvalue weighted by Crippen LogP contribution is -2.60. The summed E-state index contributed by atoms with van der Waals surface area (Å²) < 4.78 is 42.4. The molecule has 4 heterocycles. The number of hydrogen-bond donors (Lipinski definition) is 2. The van der Waals surface area contributed by atoms with Crippen molar-refractivity contribution in [3.63, 3.8) is 0 Å². The molecule has 0 aromatic heterocycles. The number of hydrogen-bond acceptors (Lipinski definition) is 12. The van der Waals surface area contributed by atoms with Gasteiger partial charge in [0.1, 0.15) is 24.4 Å². The van der Waals surface area contributed by atoms with E-state index < -0.39 is 82.8 Å². The Morgan fingerprint density at radius 1 is 1.05 bits per heavy atom. The first-order valence-corrected chi connectivity index (χ1v) is 20.4. The number of amides is 1. The number of aliphatic hydroxyl groups is 2. The lowest BCUT2D eigenvalue weighted by Gasteiger charge is -2.47. The predicted molar refractivity (Wildman–Crippen MR) is 213 cm³/mol. The third-order valence-corrected chi connectivity index (χ3v) is 12.3. The minimum atomic E-state index is -3.16. The predicted octanol–water partition coefficient (Wildman–Crippen LogP) is 5.62. The summed E-state index contributed by atoms with van der Waals surface area (Å²) in [4.78, 5) is 53.3. The molecule has 0 radical (unpaired) electrons. The topological polar surface area (TPSA) is 166 Å². The number of likely N-dealkylation sites (N-methyl/N-ethyl adjacent to an activating group) is 1. The first-order valence-electron chi connectivity index (χ1n) is 20.4. The van der Waals surface area contributed by atoms with Crippen LogP contribution in [0.2, 0.25) is 0 Å². The number of aliphatic hydroxyl groups excluding tert-OH is 1. The van der Waals surface area contributed by atoms with E-state index in [1.165, 1.54) is 20.8 Å². The molecular weight excluding hydrogens is 737 g/mol. The fourth-order valence-corrected chi connectivity index (χ4v) is 8.85. The second kappa shape index (κ2) is 19.3. The first-order chi connectivity index (χ1) is 26.6. The fraction of sp³-hybridized carbons (Fsp3) is 0.744. The van der Waals surface area contributed by atoms with Crippen molar-refractivity contribution in [3.05, 3.63) is 35.9 Å². The van der Waals surface area contributed by atoms with Gasteiger partial charge in [0.25, 0.3) is 5.67 Å². The maximum absolute atomic E-state index is 16.9. The molecule has 4 saturated heterocycles. The molecule has 0 spiro atoms. The van der Waals surface area contributed by atoms with Crippen molar-refractivity contribution in [3.8, 4) is 0 Å². The molecule has 13 nitrogen and oxygen atoms in total. The van der Waals surface area contributed by atoms with Crippen LogP contribution in [0.3, 0.4) is 0 Å². The number of rotatable bonds is 7. The highest BCUT2D eigenvalue weighted by atomic mass is 19.1. The van der Waals surface area contributed by atoms with Gasteiger partial charge in [-0.05, 0) is 91.8 Å². The largest absolute Gasteiger partial charge is 0.457 e. The van der Waals surface area contributed by atoms with E-state index in [1.54, 1.807) is 13.8 Å². The standard InChI is InChI=1S/C43H66FN3O10/c1-12-34-43(9,52)32-19-18-31(46-54-24-30-16-14-13-15-17-30)20-21-41(7,53-23-25(2)35(27(32)4)45-29(6)48)38(28(5)37(50)42(8,44)40(51)56-34)57-39-36(49)33(47(10)11)22-26(3)55-39/h13-17,25-28,32-34,36,38-39,49,52H,12,18-24H2,1-11H3/b45-35?,46-31+/t25-,26-,27-,28+,32-,33+,34-,36-,38-,39+,41-,42+,43+/m1/s1. The van der Waals surface area contributed by atoms with Crippen molar-refractivity contribution in [2.75, 3.05) is 20.7 Å². The summed E-state index contributed by atoms with van der Waals surface area (Å²) in [6.07, 6.45) is -3.64. The number of aliphatic imine (C=N–C) groups is 1. The van der Waals surface area contributed by atoms with Gasteiger partial charge < -0.3 is 38.9 Å². The van der Waals surface area contributed by atoms with Crippen LogP contribution < -0.4 is 0 Å². The number of halogens is 1. The molecule has 5 rings (SSSR count). The van der Waals surface area contributed by atoms with Gasteiger partial charge in [0, 0.05) is 36.4 Å². The van der Waals surface area contributed by atoms with Gasteiger partial charge in [-0.1, -0.05) is 63.2 Å². The van der Waals surface area contributed by atoms with Gasteiger partial charge in [-0.3, -0.25) is 9.59 Å². The second-order valence-electron chi connectivity index (χ2n) is 17.2. The molecule has 4 aliphatic rings. The molecular formula is C43H66FN3O10. The summed E-state index contributed by atoms with van der Waals surface area (Å²) >= 11 is 0. The Labute approximate surface area is 337 Å². The highest BCUT2D eigenvalue weighted by molar-refractivity contribution is 6.08. The van der Waals surface area contributed by atoms with Crippen LogP contribution in [0.25, 0.3) is 0 Å². The summed E-state index contributed by atoms with van der Waals surface area (Å²) in [5.74, 6) is -6.11. The Balaban J connectivity index is 1.96. The van der Waals surface area contributed by atoms with Gasteiger partial charge >= 0.3 is 5.97 Å². The van der Waals surface area contributed by atoms with Gasteiger partial charge in [0.15, 0.2) is 12.1 Å². The van der Waals surface area contributed by atoms with Crippen molar-refractivity contribution in [2.45, 2.75) is 161 Å². The van der Waals surface area contributed by atoms with E-state index in [0.29, 0.717) is 30.7 Å². The monoisotopic (exact) mass is 803 g/mol. The maximum Gasteiger partial charge on any atom is 0.351 e. The Kier molecular flexibility index (Phi) is 15.7. The van der Waals surface area contributed by atoms with Gasteiger partial charge in [-0.15, -0.1) is 0 Å². The van der Waals surface area contributed by atoms with Gasteiger partial charge in [-0.25, -0.2) is 14.2 Å². The highest BCUT2D eigenvalue weighted by Crippen LogP contribution is 2.42. The third kappa shape index (κ3) is 10.9. The van der Waals surface area contributed by atoms with E-state index in [0.717, 1.165) is 12.5 Å². The molecule has 2 bridgehead atoms. The van der Waals surface area contributed by atoms with Crippen LogP contribution >= 0.6 is 0 Å². The number of alkyl halides is 1. The fourth-order valence-electron chi connectivity index (χ4n) is 8.85. The number of ether oxygens (including phenoxy) is 4. The van der Waals surface area contributed by atoms with Crippen LogP contribution in [0, 0.1) is 23.7 Å². The zero-order valence-corrected chi connectivity index (χ0v) is 35.7. The number of Topliss-reactive ketones (excluding diaryl/α,β-unsaturated/α-hetero) is 1. The number of ketones is 1. The van der Waals surface area contributed by atoms with Crippen LogP contribution in [0.5, 0.6) is 0 Å². The number of benzene rings is 1. The number of carbonyl (C=O) groups is 3.